The summed E-state index contributed by atoms with van der Waals surface area (Å²) in [6, 6.07) is 13.7. The van der Waals surface area contributed by atoms with Gasteiger partial charge in [-0.15, -0.1) is 23.2 Å². The van der Waals surface area contributed by atoms with E-state index in [4.69, 9.17) is 38.1 Å². The van der Waals surface area contributed by atoms with Crippen LogP contribution in [0.5, 0.6) is 0 Å². The fraction of sp³-hybridized carbons (Fsp3) is 0.565. The van der Waals surface area contributed by atoms with Crippen LogP contribution in [0.1, 0.15) is 37.4 Å². The lowest BCUT2D eigenvalue weighted by atomic mass is 9.51. The van der Waals surface area contributed by atoms with E-state index in [1.165, 1.54) is 0 Å². The van der Waals surface area contributed by atoms with Gasteiger partial charge >= 0.3 is 0 Å². The van der Waals surface area contributed by atoms with Crippen molar-refractivity contribution in [2.75, 3.05) is 29.7 Å². The van der Waals surface area contributed by atoms with Crippen molar-refractivity contribution in [3.05, 3.63) is 29.8 Å². The van der Waals surface area contributed by atoms with Gasteiger partial charge in [0, 0.05) is 37.0 Å². The molecule has 4 unspecified atom stereocenters. The molecule has 9 heteroatoms. The minimum atomic E-state index is -1.91. The molecule has 2 aliphatic heterocycles. The Kier molecular flexibility index (Phi) is 5.99. The van der Waals surface area contributed by atoms with E-state index in [0.717, 1.165) is 18.5 Å². The number of anilines is 1. The van der Waals surface area contributed by atoms with Crippen molar-refractivity contribution in [1.29, 1.82) is 21.2 Å². The summed E-state index contributed by atoms with van der Waals surface area (Å²) in [7, 11) is 0. The number of hydrogen-bond donors (Lipinski definition) is 1. The predicted molar refractivity (Wildman–Crippen MR) is 119 cm³/mol. The summed E-state index contributed by atoms with van der Waals surface area (Å²) >= 11 is 11.8. The van der Waals surface area contributed by atoms with Crippen LogP contribution < -0.4 is 4.90 Å². The van der Waals surface area contributed by atoms with Crippen molar-refractivity contribution in [3.63, 3.8) is 0 Å². The van der Waals surface area contributed by atoms with Gasteiger partial charge in [-0.1, -0.05) is 18.6 Å². The highest BCUT2D eigenvalue weighted by molar-refractivity contribution is 6.18. The average Bonchev–Trinajstić information content (AvgIpc) is 3.03. The third-order valence-electron chi connectivity index (χ3n) is 7.09. The van der Waals surface area contributed by atoms with Crippen molar-refractivity contribution in [3.8, 4) is 18.2 Å². The maximum Gasteiger partial charge on any atom is 0.217 e. The van der Waals surface area contributed by atoms with E-state index in [-0.39, 0.29) is 5.90 Å². The van der Waals surface area contributed by atoms with Crippen molar-refractivity contribution in [2.45, 2.75) is 37.6 Å². The first-order chi connectivity index (χ1) is 15.5. The number of ether oxygens (including phenoxy) is 2. The van der Waals surface area contributed by atoms with Gasteiger partial charge in [-0.05, 0) is 30.5 Å². The SMILES string of the molecule is N#CC1(C#N)C(c2ccc(N(CCCl)CCCl)cc2)OC23CCCCC2C1(C#N)C(=N)O3. The van der Waals surface area contributed by atoms with E-state index in [9.17, 15) is 15.8 Å². The highest BCUT2D eigenvalue weighted by atomic mass is 35.5. The number of nitrogens with one attached hydrogen (secondary N) is 1. The zero-order chi connectivity index (χ0) is 23.0. The van der Waals surface area contributed by atoms with Crippen molar-refractivity contribution in [1.82, 2.24) is 0 Å². The van der Waals surface area contributed by atoms with Crippen LogP contribution in [0.2, 0.25) is 0 Å². The molecule has 3 fully saturated rings. The van der Waals surface area contributed by atoms with Gasteiger partial charge in [0.25, 0.3) is 0 Å². The fourth-order valence-corrected chi connectivity index (χ4v) is 6.00. The summed E-state index contributed by atoms with van der Waals surface area (Å²) in [5.74, 6) is -1.12. The monoisotopic (exact) mass is 471 g/mol. The first kappa shape index (κ1) is 22.7. The number of nitrogens with zero attached hydrogens (tertiary/aromatic N) is 4. The molecule has 2 saturated heterocycles. The Morgan fingerprint density at radius 1 is 1.03 bits per heavy atom. The van der Waals surface area contributed by atoms with Gasteiger partial charge in [0.15, 0.2) is 5.41 Å². The lowest BCUT2D eigenvalue weighted by Crippen LogP contribution is -2.60. The molecule has 4 rings (SSSR count). The zero-order valence-electron chi connectivity index (χ0n) is 17.5. The third-order valence-corrected chi connectivity index (χ3v) is 7.42. The van der Waals surface area contributed by atoms with Crippen LogP contribution in [0.15, 0.2) is 24.3 Å². The number of rotatable bonds is 6. The van der Waals surface area contributed by atoms with Crippen LogP contribution in [-0.4, -0.2) is 36.5 Å². The van der Waals surface area contributed by atoms with Crippen LogP contribution in [-0.2, 0) is 9.47 Å². The highest BCUT2D eigenvalue weighted by Gasteiger charge is 2.80. The van der Waals surface area contributed by atoms with E-state index >= 15 is 0 Å². The van der Waals surface area contributed by atoms with Crippen LogP contribution in [0.3, 0.4) is 0 Å². The van der Waals surface area contributed by atoms with Crippen molar-refractivity contribution in [2.24, 2.45) is 16.7 Å². The molecule has 1 saturated carbocycles. The molecule has 2 bridgehead atoms. The van der Waals surface area contributed by atoms with Gasteiger partial charge in [0.1, 0.15) is 6.10 Å². The van der Waals surface area contributed by atoms with Crippen LogP contribution in [0.25, 0.3) is 0 Å². The average molecular weight is 472 g/mol. The molecule has 0 aromatic heterocycles. The number of nitriles is 3. The Morgan fingerprint density at radius 2 is 1.69 bits per heavy atom. The van der Waals surface area contributed by atoms with Gasteiger partial charge in [0.2, 0.25) is 17.1 Å². The summed E-state index contributed by atoms with van der Waals surface area (Å²) in [6.07, 6.45) is 1.72. The van der Waals surface area contributed by atoms with Crippen LogP contribution in [0.4, 0.5) is 5.69 Å². The number of hydrogen-bond acceptors (Lipinski definition) is 7. The lowest BCUT2D eigenvalue weighted by molar-refractivity contribution is -0.294. The Labute approximate surface area is 197 Å². The number of alkyl halides is 2. The van der Waals surface area contributed by atoms with Gasteiger partial charge < -0.3 is 14.4 Å². The molecule has 0 amide bonds. The molecular weight excluding hydrogens is 449 g/mol. The molecule has 1 aromatic carbocycles. The number of halogens is 2. The van der Waals surface area contributed by atoms with E-state index in [1.807, 2.05) is 17.0 Å². The molecule has 1 aromatic rings. The van der Waals surface area contributed by atoms with Gasteiger partial charge in [-0.2, -0.15) is 15.8 Å². The van der Waals surface area contributed by atoms with Gasteiger partial charge in [0.05, 0.1) is 24.1 Å². The molecule has 3 aliphatic rings. The zero-order valence-corrected chi connectivity index (χ0v) is 19.0. The summed E-state index contributed by atoms with van der Waals surface area (Å²) in [6.45, 7) is 1.25. The van der Waals surface area contributed by atoms with Crippen LogP contribution in [0, 0.1) is 56.2 Å². The second-order valence-electron chi connectivity index (χ2n) is 8.45. The normalized spacial score (nSPS) is 32.0. The molecule has 32 heavy (non-hydrogen) atoms. The first-order valence-electron chi connectivity index (χ1n) is 10.6. The Morgan fingerprint density at radius 3 is 2.25 bits per heavy atom. The van der Waals surface area contributed by atoms with Crippen molar-refractivity contribution < 1.29 is 9.47 Å². The predicted octanol–water partition coefficient (Wildman–Crippen LogP) is 4.48. The molecule has 2 heterocycles. The summed E-state index contributed by atoms with van der Waals surface area (Å²) in [5.41, 5.74) is -2.09. The van der Waals surface area contributed by atoms with E-state index in [1.54, 1.807) is 12.1 Å². The molecule has 1 aliphatic carbocycles. The minimum Gasteiger partial charge on any atom is -0.447 e. The smallest absolute Gasteiger partial charge is 0.217 e. The molecule has 0 radical (unpaired) electrons. The molecule has 4 atom stereocenters. The second kappa shape index (κ2) is 8.45. The van der Waals surface area contributed by atoms with Crippen molar-refractivity contribution >= 4 is 34.8 Å². The summed E-state index contributed by atoms with van der Waals surface area (Å²) in [5, 5.41) is 39.4. The van der Waals surface area contributed by atoms with E-state index in [0.29, 0.717) is 43.3 Å². The van der Waals surface area contributed by atoms with Gasteiger partial charge in [-0.25, -0.2) is 0 Å². The summed E-state index contributed by atoms with van der Waals surface area (Å²) < 4.78 is 12.3. The van der Waals surface area contributed by atoms with Gasteiger partial charge in [-0.3, -0.25) is 5.41 Å². The molecule has 7 nitrogen and oxygen atoms in total. The topological polar surface area (TPSA) is 117 Å². The standard InChI is InChI=1S/C23H23Cl2N5O2/c24-9-11-30(12-10-25)17-6-4-16(5-7-17)19-21(13-26,14-27)22(15-28)18-3-1-2-8-23(18,31-19)32-20(22)29/h4-7,18-19,29H,1-3,8-12H2. The first-order valence-corrected chi connectivity index (χ1v) is 11.7. The van der Waals surface area contributed by atoms with E-state index < -0.39 is 28.6 Å². The fourth-order valence-electron chi connectivity index (χ4n) is 5.60. The maximum atomic E-state index is 10.3. The Balaban J connectivity index is 1.81. The molecule has 0 spiro atoms. The molecular formula is C23H23Cl2N5O2. The Hall–Kier alpha value is -2.50. The minimum absolute atomic E-state index is 0.329. The quantitative estimate of drug-likeness (QED) is 0.610. The molecule has 166 valence electrons. The highest BCUT2D eigenvalue weighted by Crippen LogP contribution is 2.69. The lowest BCUT2D eigenvalue weighted by Gasteiger charge is -2.51. The number of benzene rings is 1. The summed E-state index contributed by atoms with van der Waals surface area (Å²) in [4.78, 5) is 2.04. The largest absolute Gasteiger partial charge is 0.447 e. The van der Waals surface area contributed by atoms with E-state index in [2.05, 4.69) is 18.2 Å². The maximum absolute atomic E-state index is 10.3. The Bertz CT molecular complexity index is 1010. The second-order valence-corrected chi connectivity index (χ2v) is 9.20. The van der Waals surface area contributed by atoms with Crippen LogP contribution >= 0.6 is 23.2 Å². The molecule has 1 N–H and O–H groups in total. The third kappa shape index (κ3) is 2.91.